The first-order chi connectivity index (χ1) is 7.29. The van der Waals surface area contributed by atoms with Crippen LogP contribution in [0, 0.1) is 5.92 Å². The highest BCUT2D eigenvalue weighted by molar-refractivity contribution is 5.81. The summed E-state index contributed by atoms with van der Waals surface area (Å²) in [4.78, 5) is 0. The minimum absolute atomic E-state index is 0.717. The van der Waals surface area contributed by atoms with Gasteiger partial charge < -0.3 is 10.3 Å². The lowest BCUT2D eigenvalue weighted by Crippen LogP contribution is -2.01. The molecule has 1 aromatic carbocycles. The molecule has 1 fully saturated rings. The van der Waals surface area contributed by atoms with E-state index in [0.29, 0.717) is 5.92 Å². The van der Waals surface area contributed by atoms with Crippen molar-refractivity contribution in [2.45, 2.75) is 12.3 Å². The summed E-state index contributed by atoms with van der Waals surface area (Å²) in [5.41, 5.74) is 8.47. The third-order valence-corrected chi connectivity index (χ3v) is 3.57. The van der Waals surface area contributed by atoms with Crippen LogP contribution in [0.2, 0.25) is 0 Å². The molecule has 2 aromatic rings. The highest BCUT2D eigenvalue weighted by Gasteiger charge is 2.36. The molecule has 0 bridgehead atoms. The van der Waals surface area contributed by atoms with E-state index in [1.807, 2.05) is 0 Å². The Morgan fingerprint density at radius 3 is 3.00 bits per heavy atom. The smallest absolute Gasteiger partial charge is 0.0480 e. The van der Waals surface area contributed by atoms with Gasteiger partial charge in [0.2, 0.25) is 0 Å². The topological polar surface area (TPSA) is 30.9 Å². The molecule has 3 rings (SSSR count). The molecule has 0 amide bonds. The number of nitrogens with zero attached hydrogens (tertiary/aromatic N) is 1. The average molecular weight is 200 g/mol. The van der Waals surface area contributed by atoms with Crippen LogP contribution in [0.15, 0.2) is 30.5 Å². The Hall–Kier alpha value is -1.28. The average Bonchev–Trinajstić information content (AvgIpc) is 2.97. The lowest BCUT2D eigenvalue weighted by molar-refractivity contribution is 0.810. The van der Waals surface area contributed by atoms with E-state index in [2.05, 4.69) is 42.1 Å². The maximum atomic E-state index is 5.68. The Balaban J connectivity index is 2.03. The van der Waals surface area contributed by atoms with Crippen LogP contribution in [0.3, 0.4) is 0 Å². The van der Waals surface area contributed by atoms with Crippen LogP contribution in [0.4, 0.5) is 0 Å². The van der Waals surface area contributed by atoms with Gasteiger partial charge in [0.25, 0.3) is 0 Å². The molecule has 15 heavy (non-hydrogen) atoms. The molecule has 0 spiro atoms. The normalized spacial score (nSPS) is 24.7. The lowest BCUT2D eigenvalue weighted by Gasteiger charge is -2.02. The van der Waals surface area contributed by atoms with Crippen molar-refractivity contribution in [2.24, 2.45) is 18.7 Å². The molecule has 1 saturated carbocycles. The zero-order chi connectivity index (χ0) is 10.4. The van der Waals surface area contributed by atoms with Gasteiger partial charge in [-0.3, -0.25) is 0 Å². The molecule has 2 atom stereocenters. The summed E-state index contributed by atoms with van der Waals surface area (Å²) in [6.07, 6.45) is 3.38. The first kappa shape index (κ1) is 8.98. The van der Waals surface area contributed by atoms with Crippen molar-refractivity contribution in [3.63, 3.8) is 0 Å². The summed E-state index contributed by atoms with van der Waals surface area (Å²) in [7, 11) is 2.10. The third-order valence-electron chi connectivity index (χ3n) is 3.57. The van der Waals surface area contributed by atoms with Crippen molar-refractivity contribution in [3.8, 4) is 0 Å². The molecule has 0 saturated heterocycles. The zero-order valence-corrected chi connectivity index (χ0v) is 8.98. The second-order valence-electron chi connectivity index (χ2n) is 4.58. The van der Waals surface area contributed by atoms with Gasteiger partial charge in [-0.25, -0.2) is 0 Å². The van der Waals surface area contributed by atoms with E-state index in [9.17, 15) is 0 Å². The van der Waals surface area contributed by atoms with Crippen LogP contribution in [0.1, 0.15) is 17.9 Å². The SMILES string of the molecule is Cn1ccc2ccc([C@@H]3C[C@H]3CN)cc21. The Bertz CT molecular complexity index is 498. The second-order valence-corrected chi connectivity index (χ2v) is 4.58. The van der Waals surface area contributed by atoms with E-state index < -0.39 is 0 Å². The molecule has 2 heteroatoms. The summed E-state index contributed by atoms with van der Waals surface area (Å²) in [5.74, 6) is 1.44. The molecule has 1 aliphatic rings. The number of rotatable bonds is 2. The van der Waals surface area contributed by atoms with Crippen LogP contribution in [0.25, 0.3) is 10.9 Å². The van der Waals surface area contributed by atoms with Crippen molar-refractivity contribution in [1.29, 1.82) is 0 Å². The molecule has 1 heterocycles. The van der Waals surface area contributed by atoms with E-state index in [-0.39, 0.29) is 0 Å². The first-order valence-electron chi connectivity index (χ1n) is 5.54. The summed E-state index contributed by atoms with van der Waals surface area (Å²) in [6, 6.07) is 8.95. The Morgan fingerprint density at radius 1 is 1.40 bits per heavy atom. The van der Waals surface area contributed by atoms with Gasteiger partial charge in [0.05, 0.1) is 0 Å². The van der Waals surface area contributed by atoms with Crippen LogP contribution >= 0.6 is 0 Å². The van der Waals surface area contributed by atoms with Gasteiger partial charge in [0.1, 0.15) is 0 Å². The minimum Gasteiger partial charge on any atom is -0.351 e. The maximum absolute atomic E-state index is 5.68. The van der Waals surface area contributed by atoms with Crippen molar-refractivity contribution < 1.29 is 0 Å². The van der Waals surface area contributed by atoms with Crippen LogP contribution < -0.4 is 5.73 Å². The van der Waals surface area contributed by atoms with Gasteiger partial charge >= 0.3 is 0 Å². The Labute approximate surface area is 89.7 Å². The Kier molecular flexibility index (Phi) is 1.86. The standard InChI is InChI=1S/C13H16N2/c1-15-5-4-9-2-3-10(7-13(9)15)12-6-11(12)8-14/h2-5,7,11-12H,6,8,14H2,1H3/t11-,12-/m0/s1. The predicted octanol–water partition coefficient (Wildman–Crippen LogP) is 2.24. The summed E-state index contributed by atoms with van der Waals surface area (Å²) in [6.45, 7) is 0.829. The fourth-order valence-electron chi connectivity index (χ4n) is 2.43. The van der Waals surface area contributed by atoms with Gasteiger partial charge in [-0.2, -0.15) is 0 Å². The highest BCUT2D eigenvalue weighted by atomic mass is 14.9. The number of hydrogen-bond acceptors (Lipinski definition) is 1. The van der Waals surface area contributed by atoms with Crippen LogP contribution in [0.5, 0.6) is 0 Å². The fourth-order valence-corrected chi connectivity index (χ4v) is 2.43. The number of fused-ring (bicyclic) bond motifs is 1. The molecule has 2 N–H and O–H groups in total. The summed E-state index contributed by atoms with van der Waals surface area (Å²) >= 11 is 0. The summed E-state index contributed by atoms with van der Waals surface area (Å²) in [5, 5.41) is 1.33. The van der Waals surface area contributed by atoms with Gasteiger partial charge in [-0.15, -0.1) is 0 Å². The fraction of sp³-hybridized carbons (Fsp3) is 0.385. The number of hydrogen-bond donors (Lipinski definition) is 1. The molecular weight excluding hydrogens is 184 g/mol. The van der Waals surface area contributed by atoms with Gasteiger partial charge in [0, 0.05) is 18.8 Å². The van der Waals surface area contributed by atoms with Crippen molar-refractivity contribution in [2.75, 3.05) is 6.54 Å². The van der Waals surface area contributed by atoms with Gasteiger partial charge in [-0.05, 0) is 47.9 Å². The van der Waals surface area contributed by atoms with Crippen molar-refractivity contribution >= 4 is 10.9 Å². The lowest BCUT2D eigenvalue weighted by atomic mass is 10.1. The zero-order valence-electron chi connectivity index (χ0n) is 8.98. The molecule has 0 aliphatic heterocycles. The molecule has 78 valence electrons. The minimum atomic E-state index is 0.717. The van der Waals surface area contributed by atoms with Gasteiger partial charge in [0.15, 0.2) is 0 Å². The first-order valence-corrected chi connectivity index (χ1v) is 5.54. The van der Waals surface area contributed by atoms with Crippen LogP contribution in [-0.2, 0) is 7.05 Å². The van der Waals surface area contributed by atoms with Crippen molar-refractivity contribution in [3.05, 3.63) is 36.0 Å². The molecule has 2 nitrogen and oxygen atoms in total. The Morgan fingerprint density at radius 2 is 2.27 bits per heavy atom. The largest absolute Gasteiger partial charge is 0.351 e. The highest BCUT2D eigenvalue weighted by Crippen LogP contribution is 2.47. The molecule has 0 unspecified atom stereocenters. The maximum Gasteiger partial charge on any atom is 0.0480 e. The van der Waals surface area contributed by atoms with E-state index in [1.165, 1.54) is 22.9 Å². The number of aryl methyl sites for hydroxylation is 1. The van der Waals surface area contributed by atoms with Crippen LogP contribution in [-0.4, -0.2) is 11.1 Å². The van der Waals surface area contributed by atoms with Crippen molar-refractivity contribution in [1.82, 2.24) is 4.57 Å². The summed E-state index contributed by atoms with van der Waals surface area (Å²) < 4.78 is 2.18. The molecule has 1 aromatic heterocycles. The second kappa shape index (κ2) is 3.11. The molecular formula is C13H16N2. The monoisotopic (exact) mass is 200 g/mol. The number of benzene rings is 1. The van der Waals surface area contributed by atoms with E-state index in [1.54, 1.807) is 0 Å². The quantitative estimate of drug-likeness (QED) is 0.792. The molecule has 0 radical (unpaired) electrons. The number of nitrogens with two attached hydrogens (primary N) is 1. The van der Waals surface area contributed by atoms with E-state index in [4.69, 9.17) is 5.73 Å². The van der Waals surface area contributed by atoms with Gasteiger partial charge in [-0.1, -0.05) is 12.1 Å². The molecule has 1 aliphatic carbocycles. The number of aromatic nitrogens is 1. The van der Waals surface area contributed by atoms with E-state index in [0.717, 1.165) is 12.5 Å². The third kappa shape index (κ3) is 1.37. The van der Waals surface area contributed by atoms with E-state index >= 15 is 0 Å². The predicted molar refractivity (Wildman–Crippen MR) is 62.8 cm³/mol.